The summed E-state index contributed by atoms with van der Waals surface area (Å²) in [6.07, 6.45) is 0.867. The standard InChI is InChI=1S/C11H14ClN5O2/c1-4-5-13-7-6-9(15-14-8(7)12)16(2)11(19)17(3)10(6)18/h4-5H2,1-3H3,(H,13,15). The van der Waals surface area contributed by atoms with Crippen LogP contribution in [0.1, 0.15) is 13.3 Å². The Hall–Kier alpha value is -1.89. The van der Waals surface area contributed by atoms with Gasteiger partial charge in [0.1, 0.15) is 5.39 Å². The van der Waals surface area contributed by atoms with Gasteiger partial charge in [-0.05, 0) is 6.42 Å². The number of nitrogens with one attached hydrogen (secondary N) is 1. The third-order valence-electron chi connectivity index (χ3n) is 2.87. The highest BCUT2D eigenvalue weighted by atomic mass is 35.5. The molecule has 0 fully saturated rings. The summed E-state index contributed by atoms with van der Waals surface area (Å²) in [4.78, 5) is 24.0. The number of hydrogen-bond donors (Lipinski definition) is 1. The van der Waals surface area contributed by atoms with Gasteiger partial charge < -0.3 is 5.32 Å². The van der Waals surface area contributed by atoms with Crippen molar-refractivity contribution in [3.05, 3.63) is 26.0 Å². The molecule has 0 saturated carbocycles. The summed E-state index contributed by atoms with van der Waals surface area (Å²) in [6.45, 7) is 2.64. The Labute approximate surface area is 113 Å². The Bertz CT molecular complexity index is 749. The van der Waals surface area contributed by atoms with Crippen LogP contribution in [0.5, 0.6) is 0 Å². The zero-order valence-electron chi connectivity index (χ0n) is 10.9. The van der Waals surface area contributed by atoms with Gasteiger partial charge in [0.25, 0.3) is 5.56 Å². The summed E-state index contributed by atoms with van der Waals surface area (Å²) in [5.41, 5.74) is -0.245. The number of anilines is 1. The Balaban J connectivity index is 2.92. The molecule has 2 aromatic rings. The zero-order chi connectivity index (χ0) is 14.2. The van der Waals surface area contributed by atoms with Crippen LogP contribution in [0.3, 0.4) is 0 Å². The Morgan fingerprint density at radius 2 is 1.89 bits per heavy atom. The molecule has 2 rings (SSSR count). The fourth-order valence-electron chi connectivity index (χ4n) is 1.83. The Morgan fingerprint density at radius 3 is 2.53 bits per heavy atom. The normalized spacial score (nSPS) is 10.9. The lowest BCUT2D eigenvalue weighted by molar-refractivity contribution is 0.703. The van der Waals surface area contributed by atoms with E-state index in [1.54, 1.807) is 0 Å². The molecule has 0 aliphatic carbocycles. The highest BCUT2D eigenvalue weighted by molar-refractivity contribution is 6.33. The van der Waals surface area contributed by atoms with Crippen molar-refractivity contribution in [3.63, 3.8) is 0 Å². The highest BCUT2D eigenvalue weighted by Crippen LogP contribution is 2.24. The largest absolute Gasteiger partial charge is 0.382 e. The van der Waals surface area contributed by atoms with Crippen molar-refractivity contribution >= 4 is 28.3 Å². The van der Waals surface area contributed by atoms with E-state index in [0.29, 0.717) is 12.2 Å². The van der Waals surface area contributed by atoms with Gasteiger partial charge >= 0.3 is 5.69 Å². The topological polar surface area (TPSA) is 81.8 Å². The second kappa shape index (κ2) is 5.00. The molecular formula is C11H14ClN5O2. The molecule has 1 N–H and O–H groups in total. The van der Waals surface area contributed by atoms with Crippen LogP contribution in [-0.2, 0) is 14.1 Å². The number of fused-ring (bicyclic) bond motifs is 1. The lowest BCUT2D eigenvalue weighted by Gasteiger charge is -2.11. The number of aryl methyl sites for hydroxylation is 1. The van der Waals surface area contributed by atoms with Crippen LogP contribution in [0.4, 0.5) is 5.69 Å². The van der Waals surface area contributed by atoms with Crippen LogP contribution in [0.2, 0.25) is 5.15 Å². The number of aromatic nitrogens is 4. The van der Waals surface area contributed by atoms with E-state index in [1.165, 1.54) is 18.7 Å². The molecule has 0 atom stereocenters. The number of nitrogens with zero attached hydrogens (tertiary/aromatic N) is 4. The van der Waals surface area contributed by atoms with Gasteiger partial charge in [-0.1, -0.05) is 18.5 Å². The first-order valence-electron chi connectivity index (χ1n) is 5.84. The maximum absolute atomic E-state index is 12.2. The van der Waals surface area contributed by atoms with Crippen molar-refractivity contribution in [1.29, 1.82) is 0 Å². The Kier molecular flexibility index (Phi) is 3.57. The first-order valence-corrected chi connectivity index (χ1v) is 6.22. The van der Waals surface area contributed by atoms with Gasteiger partial charge in [0.15, 0.2) is 10.8 Å². The van der Waals surface area contributed by atoms with Crippen molar-refractivity contribution < 1.29 is 0 Å². The first kappa shape index (κ1) is 13.5. The molecule has 0 saturated heterocycles. The van der Waals surface area contributed by atoms with Crippen LogP contribution in [-0.4, -0.2) is 25.9 Å². The molecule has 2 aromatic heterocycles. The van der Waals surface area contributed by atoms with Gasteiger partial charge in [0, 0.05) is 20.6 Å². The maximum Gasteiger partial charge on any atom is 0.332 e. The van der Waals surface area contributed by atoms with E-state index in [4.69, 9.17) is 11.6 Å². The van der Waals surface area contributed by atoms with Crippen LogP contribution in [0.15, 0.2) is 9.59 Å². The molecule has 19 heavy (non-hydrogen) atoms. The molecule has 0 radical (unpaired) electrons. The molecule has 0 aliphatic heterocycles. The molecule has 2 heterocycles. The van der Waals surface area contributed by atoms with E-state index in [-0.39, 0.29) is 16.2 Å². The van der Waals surface area contributed by atoms with Crippen LogP contribution >= 0.6 is 11.6 Å². The van der Waals surface area contributed by atoms with E-state index in [1.807, 2.05) is 6.92 Å². The predicted molar refractivity (Wildman–Crippen MR) is 73.8 cm³/mol. The summed E-state index contributed by atoms with van der Waals surface area (Å²) in [7, 11) is 2.96. The van der Waals surface area contributed by atoms with E-state index in [0.717, 1.165) is 11.0 Å². The van der Waals surface area contributed by atoms with Gasteiger partial charge in [-0.25, -0.2) is 4.79 Å². The summed E-state index contributed by atoms with van der Waals surface area (Å²) < 4.78 is 2.30. The van der Waals surface area contributed by atoms with Crippen LogP contribution in [0, 0.1) is 0 Å². The number of halogens is 1. The highest BCUT2D eigenvalue weighted by Gasteiger charge is 2.17. The molecule has 0 bridgehead atoms. The lowest BCUT2D eigenvalue weighted by Crippen LogP contribution is -2.37. The fourth-order valence-corrected chi connectivity index (χ4v) is 2.02. The molecule has 0 spiro atoms. The van der Waals surface area contributed by atoms with E-state index in [2.05, 4.69) is 15.5 Å². The third-order valence-corrected chi connectivity index (χ3v) is 3.14. The van der Waals surface area contributed by atoms with Crippen molar-refractivity contribution in [2.45, 2.75) is 13.3 Å². The molecule has 0 aromatic carbocycles. The molecular weight excluding hydrogens is 270 g/mol. The van der Waals surface area contributed by atoms with Gasteiger partial charge in [-0.2, -0.15) is 0 Å². The molecule has 0 unspecified atom stereocenters. The predicted octanol–water partition coefficient (Wildman–Crippen LogP) is 0.502. The summed E-state index contributed by atoms with van der Waals surface area (Å²) in [5.74, 6) is 0. The maximum atomic E-state index is 12.2. The van der Waals surface area contributed by atoms with E-state index >= 15 is 0 Å². The van der Waals surface area contributed by atoms with Crippen LogP contribution < -0.4 is 16.6 Å². The fraction of sp³-hybridized carbons (Fsp3) is 0.455. The minimum absolute atomic E-state index is 0.122. The summed E-state index contributed by atoms with van der Waals surface area (Å²) >= 11 is 5.98. The van der Waals surface area contributed by atoms with E-state index in [9.17, 15) is 9.59 Å². The third kappa shape index (κ3) is 2.10. The average molecular weight is 284 g/mol. The summed E-state index contributed by atoms with van der Waals surface area (Å²) in [5, 5.41) is 11.1. The molecule has 7 nitrogen and oxygen atoms in total. The van der Waals surface area contributed by atoms with Gasteiger partial charge in [0.05, 0.1) is 5.69 Å². The molecule has 0 amide bonds. The van der Waals surface area contributed by atoms with Crippen LogP contribution in [0.25, 0.3) is 11.0 Å². The lowest BCUT2D eigenvalue weighted by atomic mass is 10.3. The second-order valence-electron chi connectivity index (χ2n) is 4.20. The first-order chi connectivity index (χ1) is 8.99. The second-order valence-corrected chi connectivity index (χ2v) is 4.55. The van der Waals surface area contributed by atoms with Gasteiger partial charge in [-0.15, -0.1) is 10.2 Å². The van der Waals surface area contributed by atoms with Crippen molar-refractivity contribution in [3.8, 4) is 0 Å². The van der Waals surface area contributed by atoms with Gasteiger partial charge in [0.2, 0.25) is 0 Å². The summed E-state index contributed by atoms with van der Waals surface area (Å²) in [6, 6.07) is 0. The number of hydrogen-bond acceptors (Lipinski definition) is 5. The molecule has 102 valence electrons. The average Bonchev–Trinajstić information content (AvgIpc) is 2.41. The minimum Gasteiger partial charge on any atom is -0.382 e. The Morgan fingerprint density at radius 1 is 1.21 bits per heavy atom. The zero-order valence-corrected chi connectivity index (χ0v) is 11.7. The van der Waals surface area contributed by atoms with Crippen molar-refractivity contribution in [2.24, 2.45) is 14.1 Å². The smallest absolute Gasteiger partial charge is 0.332 e. The monoisotopic (exact) mass is 283 g/mol. The van der Waals surface area contributed by atoms with E-state index < -0.39 is 11.2 Å². The molecule has 8 heteroatoms. The minimum atomic E-state index is -0.449. The molecule has 0 aliphatic rings. The van der Waals surface area contributed by atoms with Crippen molar-refractivity contribution in [2.75, 3.05) is 11.9 Å². The quantitative estimate of drug-likeness (QED) is 0.887. The SMILES string of the molecule is CCCNc1c(Cl)nnc2c1c(=O)n(C)c(=O)n2C. The number of rotatable bonds is 3. The van der Waals surface area contributed by atoms with Crippen molar-refractivity contribution in [1.82, 2.24) is 19.3 Å². The van der Waals surface area contributed by atoms with Gasteiger partial charge in [-0.3, -0.25) is 13.9 Å².